The Labute approximate surface area is 238 Å². The van der Waals surface area contributed by atoms with Gasteiger partial charge in [0.15, 0.2) is 12.0 Å². The predicted octanol–water partition coefficient (Wildman–Crippen LogP) is 6.22. The third-order valence-electron chi connectivity index (χ3n) is 7.49. The first-order valence-electron chi connectivity index (χ1n) is 13.7. The van der Waals surface area contributed by atoms with Gasteiger partial charge in [0.1, 0.15) is 11.9 Å². The number of thiazole rings is 1. The zero-order valence-corrected chi connectivity index (χ0v) is 23.8. The number of piperazine rings is 1. The van der Waals surface area contributed by atoms with Gasteiger partial charge in [-0.1, -0.05) is 59.8 Å². The van der Waals surface area contributed by atoms with Gasteiger partial charge in [-0.25, -0.2) is 4.98 Å². The van der Waals surface area contributed by atoms with E-state index >= 15 is 0 Å². The van der Waals surface area contributed by atoms with Gasteiger partial charge in [-0.2, -0.15) is 0 Å². The third kappa shape index (κ3) is 5.81. The summed E-state index contributed by atoms with van der Waals surface area (Å²) in [5, 5.41) is 16.0. The fourth-order valence-electron chi connectivity index (χ4n) is 5.39. The van der Waals surface area contributed by atoms with E-state index in [4.69, 9.17) is 9.26 Å². The minimum atomic E-state index is -0.641. The van der Waals surface area contributed by atoms with Crippen LogP contribution in [0.4, 0.5) is 0 Å². The van der Waals surface area contributed by atoms with E-state index in [1.54, 1.807) is 18.3 Å². The topological polar surface area (TPSA) is 74.9 Å². The van der Waals surface area contributed by atoms with E-state index in [0.717, 1.165) is 57.6 Å². The maximum Gasteiger partial charge on any atom is 0.178 e. The van der Waals surface area contributed by atoms with Crippen molar-refractivity contribution in [2.24, 2.45) is 0 Å². The van der Waals surface area contributed by atoms with Gasteiger partial charge in [0.2, 0.25) is 0 Å². The van der Waals surface area contributed by atoms with E-state index in [1.807, 2.05) is 49.4 Å². The Morgan fingerprint density at radius 2 is 1.75 bits per heavy atom. The van der Waals surface area contributed by atoms with Gasteiger partial charge in [0.25, 0.3) is 0 Å². The molecule has 3 aromatic carbocycles. The van der Waals surface area contributed by atoms with Gasteiger partial charge < -0.3 is 14.4 Å². The molecule has 0 saturated carbocycles. The Bertz CT molecular complexity index is 1560. The lowest BCUT2D eigenvalue weighted by molar-refractivity contribution is -0.0856. The number of hydrogen-bond donors (Lipinski definition) is 1. The molecule has 5 aromatic rings. The summed E-state index contributed by atoms with van der Waals surface area (Å²) in [5.41, 5.74) is 5.23. The number of hydrogen-bond acceptors (Lipinski definition) is 8. The number of ether oxygens (including phenoxy) is 1. The summed E-state index contributed by atoms with van der Waals surface area (Å²) in [7, 11) is 0. The monoisotopic (exact) mass is 554 g/mol. The number of aliphatic hydroxyl groups is 1. The van der Waals surface area contributed by atoms with Crippen molar-refractivity contribution in [2.75, 3.05) is 19.6 Å². The standard InChI is InChI=1S/C32H34N4O3S/c1-21-19-36(32(22(2)37)38-28-13-14-31-29(18-28)33-23(3)40-31)16-15-35(21)20-27-17-30(39-34-27)26-11-9-25(10-12-26)24-7-5-4-6-8-24/h4-14,17-18,21-22,32,37H,15-16,19-20H2,1-3H3/t21-,22+,32?/m0/s1. The average Bonchev–Trinajstić information content (AvgIpc) is 3.58. The van der Waals surface area contributed by atoms with Crippen LogP contribution in [0.25, 0.3) is 32.7 Å². The van der Waals surface area contributed by atoms with Crippen LogP contribution in [0.2, 0.25) is 0 Å². The molecule has 3 atom stereocenters. The summed E-state index contributed by atoms with van der Waals surface area (Å²) >= 11 is 1.67. The molecule has 0 radical (unpaired) electrons. The van der Waals surface area contributed by atoms with Crippen molar-refractivity contribution in [1.29, 1.82) is 0 Å². The Morgan fingerprint density at radius 3 is 2.50 bits per heavy atom. The largest absolute Gasteiger partial charge is 0.472 e. The number of aromatic nitrogens is 2. The van der Waals surface area contributed by atoms with E-state index in [0.29, 0.717) is 6.54 Å². The number of nitrogens with zero attached hydrogens (tertiary/aromatic N) is 4. The molecular weight excluding hydrogens is 520 g/mol. The number of fused-ring (bicyclic) bond motifs is 1. The molecule has 40 heavy (non-hydrogen) atoms. The van der Waals surface area contributed by atoms with Crippen LogP contribution >= 0.6 is 11.3 Å². The van der Waals surface area contributed by atoms with Crippen LogP contribution in [-0.2, 0) is 6.54 Å². The van der Waals surface area contributed by atoms with Gasteiger partial charge >= 0.3 is 0 Å². The van der Waals surface area contributed by atoms with Crippen LogP contribution in [0, 0.1) is 6.92 Å². The minimum absolute atomic E-state index is 0.257. The summed E-state index contributed by atoms with van der Waals surface area (Å²) in [6.45, 7) is 9.11. The number of rotatable bonds is 8. The first kappa shape index (κ1) is 26.7. The van der Waals surface area contributed by atoms with Crippen LogP contribution in [0.1, 0.15) is 24.5 Å². The smallest absolute Gasteiger partial charge is 0.178 e. The molecular formula is C32H34N4O3S. The second kappa shape index (κ2) is 11.5. The predicted molar refractivity (Wildman–Crippen MR) is 159 cm³/mol. The Morgan fingerprint density at radius 1 is 1.00 bits per heavy atom. The SMILES string of the molecule is Cc1nc2cc(OC([C@@H](C)O)N3CCN(Cc4cc(-c5ccc(-c6ccccc6)cc5)on4)[C@@H](C)C3)ccc2s1. The number of aryl methyl sites for hydroxylation is 1. The molecule has 1 unspecified atom stereocenters. The summed E-state index contributed by atoms with van der Waals surface area (Å²) in [5.74, 6) is 1.50. The fourth-order valence-corrected chi connectivity index (χ4v) is 6.20. The quantitative estimate of drug-likeness (QED) is 0.244. The molecule has 1 aliphatic heterocycles. The van der Waals surface area contributed by atoms with Crippen molar-refractivity contribution in [3.63, 3.8) is 0 Å². The molecule has 206 valence electrons. The molecule has 1 fully saturated rings. The molecule has 7 nitrogen and oxygen atoms in total. The van der Waals surface area contributed by atoms with Crippen molar-refractivity contribution in [1.82, 2.24) is 19.9 Å². The molecule has 0 aliphatic carbocycles. The van der Waals surface area contributed by atoms with Gasteiger partial charge in [-0.05, 0) is 44.0 Å². The zero-order valence-electron chi connectivity index (χ0n) is 23.0. The highest BCUT2D eigenvalue weighted by Gasteiger charge is 2.32. The van der Waals surface area contributed by atoms with Crippen LogP contribution in [0.3, 0.4) is 0 Å². The summed E-state index contributed by atoms with van der Waals surface area (Å²) in [4.78, 5) is 9.21. The summed E-state index contributed by atoms with van der Waals surface area (Å²) < 4.78 is 13.2. The van der Waals surface area contributed by atoms with Gasteiger partial charge in [0, 0.05) is 49.9 Å². The van der Waals surface area contributed by atoms with Crippen LogP contribution in [-0.4, -0.2) is 63.1 Å². The van der Waals surface area contributed by atoms with Gasteiger partial charge in [-0.3, -0.25) is 9.80 Å². The van der Waals surface area contributed by atoms with Crippen molar-refractivity contribution in [2.45, 2.75) is 45.7 Å². The molecule has 8 heteroatoms. The van der Waals surface area contributed by atoms with E-state index in [1.165, 1.54) is 11.1 Å². The van der Waals surface area contributed by atoms with Crippen LogP contribution < -0.4 is 4.74 Å². The fraction of sp³-hybridized carbons (Fsp3) is 0.312. The zero-order chi connectivity index (χ0) is 27.6. The summed E-state index contributed by atoms with van der Waals surface area (Å²) in [6.07, 6.45) is -1.07. The lowest BCUT2D eigenvalue weighted by Crippen LogP contribution is -2.58. The van der Waals surface area contributed by atoms with E-state index in [-0.39, 0.29) is 6.04 Å². The van der Waals surface area contributed by atoms with Crippen molar-refractivity contribution in [3.05, 3.63) is 89.6 Å². The molecule has 6 rings (SSSR count). The van der Waals surface area contributed by atoms with E-state index in [2.05, 4.69) is 63.3 Å². The lowest BCUT2D eigenvalue weighted by Gasteiger charge is -2.43. The molecule has 1 aliphatic rings. The first-order valence-corrected chi connectivity index (χ1v) is 14.6. The van der Waals surface area contributed by atoms with Crippen LogP contribution in [0.5, 0.6) is 5.75 Å². The minimum Gasteiger partial charge on any atom is -0.472 e. The van der Waals surface area contributed by atoms with E-state index in [9.17, 15) is 5.11 Å². The van der Waals surface area contributed by atoms with Crippen molar-refractivity contribution >= 4 is 21.6 Å². The molecule has 1 N–H and O–H groups in total. The number of benzene rings is 3. The first-order chi connectivity index (χ1) is 19.4. The molecule has 0 spiro atoms. The normalized spacial score (nSPS) is 18.1. The lowest BCUT2D eigenvalue weighted by atomic mass is 10.0. The molecule has 3 heterocycles. The Balaban J connectivity index is 1.08. The molecule has 0 bridgehead atoms. The molecule has 2 aromatic heterocycles. The average molecular weight is 555 g/mol. The van der Waals surface area contributed by atoms with Crippen molar-refractivity contribution < 1.29 is 14.4 Å². The third-order valence-corrected chi connectivity index (χ3v) is 8.44. The highest BCUT2D eigenvalue weighted by atomic mass is 32.1. The maximum absolute atomic E-state index is 10.6. The highest BCUT2D eigenvalue weighted by molar-refractivity contribution is 7.18. The van der Waals surface area contributed by atoms with Gasteiger partial charge in [0.05, 0.1) is 20.9 Å². The van der Waals surface area contributed by atoms with Crippen molar-refractivity contribution in [3.8, 4) is 28.2 Å². The van der Waals surface area contributed by atoms with Gasteiger partial charge in [-0.15, -0.1) is 11.3 Å². The second-order valence-corrected chi connectivity index (χ2v) is 11.8. The molecule has 1 saturated heterocycles. The number of aliphatic hydroxyl groups excluding tert-OH is 1. The summed E-state index contributed by atoms with van der Waals surface area (Å²) in [6, 6.07) is 27.0. The van der Waals surface area contributed by atoms with Crippen LogP contribution in [0.15, 0.2) is 83.4 Å². The Kier molecular flexibility index (Phi) is 7.67. The molecule has 0 amide bonds. The Hall–Kier alpha value is -3.56. The highest BCUT2D eigenvalue weighted by Crippen LogP contribution is 2.29. The second-order valence-electron chi connectivity index (χ2n) is 10.6. The maximum atomic E-state index is 10.6. The van der Waals surface area contributed by atoms with E-state index < -0.39 is 12.3 Å².